The number of aryl methyl sites for hydroxylation is 1. The van der Waals surface area contributed by atoms with Crippen molar-refractivity contribution in [3.63, 3.8) is 0 Å². The number of rotatable bonds is 3. The first kappa shape index (κ1) is 11.1. The van der Waals surface area contributed by atoms with Gasteiger partial charge in [-0.1, -0.05) is 0 Å². The van der Waals surface area contributed by atoms with Gasteiger partial charge in [0.05, 0.1) is 6.26 Å². The molecule has 0 amide bonds. The molecule has 1 aromatic rings. The molecule has 0 N–H and O–H groups in total. The summed E-state index contributed by atoms with van der Waals surface area (Å²) in [6.07, 6.45) is 3.58. The van der Waals surface area contributed by atoms with Gasteiger partial charge in [-0.3, -0.25) is 4.18 Å². The maximum absolute atomic E-state index is 10.8. The number of hydrogen-bond donors (Lipinski definition) is 0. The second-order valence-corrected chi connectivity index (χ2v) is 4.66. The Kier molecular flexibility index (Phi) is 3.17. The third-order valence-corrected chi connectivity index (χ3v) is 2.12. The summed E-state index contributed by atoms with van der Waals surface area (Å²) in [7, 11) is -3.46. The lowest BCUT2D eigenvalue weighted by atomic mass is 10.3. The van der Waals surface area contributed by atoms with Crippen molar-refractivity contribution >= 4 is 10.1 Å². The van der Waals surface area contributed by atoms with Crippen LogP contribution in [0.25, 0.3) is 0 Å². The predicted molar refractivity (Wildman–Crippen MR) is 51.1 cm³/mol. The molecule has 0 radical (unpaired) electrons. The van der Waals surface area contributed by atoms with Crippen LogP contribution in [0.2, 0.25) is 0 Å². The Morgan fingerprint density at radius 1 is 1.36 bits per heavy atom. The van der Waals surface area contributed by atoms with Crippen LogP contribution in [-0.4, -0.2) is 24.6 Å². The molecule has 0 saturated heterocycles. The summed E-state index contributed by atoms with van der Waals surface area (Å²) in [6, 6.07) is 0. The molecule has 0 spiro atoms. The van der Waals surface area contributed by atoms with Gasteiger partial charge in [0.1, 0.15) is 6.10 Å². The smallest absolute Gasteiger partial charge is 0.259 e. The molecule has 0 aliphatic heterocycles. The van der Waals surface area contributed by atoms with Crippen LogP contribution in [-0.2, 0) is 14.3 Å². The van der Waals surface area contributed by atoms with Crippen LogP contribution in [0.5, 0.6) is 0 Å². The molecule has 5 nitrogen and oxygen atoms in total. The maximum Gasteiger partial charge on any atom is 0.265 e. The number of nitrogens with zero attached hydrogens (tertiary/aromatic N) is 2. The molecule has 78 valence electrons. The van der Waals surface area contributed by atoms with Gasteiger partial charge >= 0.3 is 0 Å². The number of hydrogen-bond acceptors (Lipinski definition) is 5. The summed E-state index contributed by atoms with van der Waals surface area (Å²) >= 11 is 0. The van der Waals surface area contributed by atoms with Gasteiger partial charge in [0, 0.05) is 12.4 Å². The highest BCUT2D eigenvalue weighted by Crippen LogP contribution is 2.13. The SMILES string of the molecule is Cc1cnc(C(C)OS(C)(=O)=O)nc1. The molecule has 1 rings (SSSR count). The Labute approximate surface area is 83.3 Å². The van der Waals surface area contributed by atoms with Crippen LogP contribution < -0.4 is 0 Å². The summed E-state index contributed by atoms with van der Waals surface area (Å²) in [5.41, 5.74) is 0.917. The molecule has 1 unspecified atom stereocenters. The molecule has 0 aliphatic carbocycles. The second kappa shape index (κ2) is 4.02. The van der Waals surface area contributed by atoms with Crippen molar-refractivity contribution in [2.45, 2.75) is 20.0 Å². The molecule has 1 heterocycles. The van der Waals surface area contributed by atoms with Gasteiger partial charge in [0.2, 0.25) is 0 Å². The van der Waals surface area contributed by atoms with E-state index in [1.165, 1.54) is 0 Å². The van der Waals surface area contributed by atoms with Gasteiger partial charge in [-0.05, 0) is 19.4 Å². The van der Waals surface area contributed by atoms with Gasteiger partial charge < -0.3 is 0 Å². The quantitative estimate of drug-likeness (QED) is 0.700. The van der Waals surface area contributed by atoms with Crippen LogP contribution in [0, 0.1) is 6.92 Å². The zero-order valence-corrected chi connectivity index (χ0v) is 9.08. The van der Waals surface area contributed by atoms with Gasteiger partial charge in [0.15, 0.2) is 5.82 Å². The Balaban J connectivity index is 2.80. The number of aromatic nitrogens is 2. The molecular weight excluding hydrogens is 204 g/mol. The van der Waals surface area contributed by atoms with E-state index in [1.54, 1.807) is 19.3 Å². The topological polar surface area (TPSA) is 69.2 Å². The first-order valence-corrected chi connectivity index (χ1v) is 5.87. The largest absolute Gasteiger partial charge is 0.265 e. The lowest BCUT2D eigenvalue weighted by Crippen LogP contribution is -2.10. The fourth-order valence-corrected chi connectivity index (χ4v) is 1.53. The van der Waals surface area contributed by atoms with Gasteiger partial charge in [-0.2, -0.15) is 8.42 Å². The standard InChI is InChI=1S/C8H12N2O3S/c1-6-4-9-8(10-5-6)7(2)13-14(3,11)12/h4-5,7H,1-3H3. The second-order valence-electron chi connectivity index (χ2n) is 3.06. The summed E-state index contributed by atoms with van der Waals surface area (Å²) in [5.74, 6) is 0.362. The lowest BCUT2D eigenvalue weighted by molar-refractivity contribution is 0.226. The molecule has 14 heavy (non-hydrogen) atoms. The molecule has 0 aliphatic rings. The highest BCUT2D eigenvalue weighted by atomic mass is 32.2. The van der Waals surface area contributed by atoms with Crippen molar-refractivity contribution in [3.8, 4) is 0 Å². The van der Waals surface area contributed by atoms with Crippen molar-refractivity contribution < 1.29 is 12.6 Å². The normalized spacial score (nSPS) is 13.9. The van der Waals surface area contributed by atoms with E-state index < -0.39 is 16.2 Å². The minimum absolute atomic E-state index is 0.362. The van der Waals surface area contributed by atoms with Crippen molar-refractivity contribution in [2.75, 3.05) is 6.26 Å². The molecule has 0 aromatic carbocycles. The van der Waals surface area contributed by atoms with E-state index in [1.807, 2.05) is 6.92 Å². The van der Waals surface area contributed by atoms with E-state index in [4.69, 9.17) is 4.18 Å². The van der Waals surface area contributed by atoms with E-state index in [0.29, 0.717) is 5.82 Å². The van der Waals surface area contributed by atoms with Crippen LogP contribution in [0.15, 0.2) is 12.4 Å². The maximum atomic E-state index is 10.8. The zero-order chi connectivity index (χ0) is 10.8. The average molecular weight is 216 g/mol. The Morgan fingerprint density at radius 3 is 2.29 bits per heavy atom. The van der Waals surface area contributed by atoms with E-state index in [9.17, 15) is 8.42 Å². The van der Waals surface area contributed by atoms with Crippen LogP contribution in [0.3, 0.4) is 0 Å². The van der Waals surface area contributed by atoms with Crippen molar-refractivity contribution in [2.24, 2.45) is 0 Å². The first-order chi connectivity index (χ1) is 6.38. The van der Waals surface area contributed by atoms with Gasteiger partial charge in [-0.25, -0.2) is 9.97 Å². The fourth-order valence-electron chi connectivity index (χ4n) is 0.918. The Bertz CT molecular complexity index is 399. The minimum Gasteiger partial charge on any atom is -0.259 e. The van der Waals surface area contributed by atoms with E-state index in [2.05, 4.69) is 9.97 Å². The third-order valence-electron chi connectivity index (χ3n) is 1.48. The van der Waals surface area contributed by atoms with Crippen LogP contribution in [0.4, 0.5) is 0 Å². The molecular formula is C8H12N2O3S. The summed E-state index contributed by atoms with van der Waals surface area (Å²) < 4.78 is 26.3. The van der Waals surface area contributed by atoms with Crippen LogP contribution >= 0.6 is 0 Å². The highest BCUT2D eigenvalue weighted by Gasteiger charge is 2.14. The molecule has 1 aromatic heterocycles. The van der Waals surface area contributed by atoms with E-state index in [0.717, 1.165) is 11.8 Å². The van der Waals surface area contributed by atoms with Crippen LogP contribution in [0.1, 0.15) is 24.4 Å². The summed E-state index contributed by atoms with van der Waals surface area (Å²) in [6.45, 7) is 3.44. The van der Waals surface area contributed by atoms with Gasteiger partial charge in [-0.15, -0.1) is 0 Å². The highest BCUT2D eigenvalue weighted by molar-refractivity contribution is 7.86. The van der Waals surface area contributed by atoms with Crippen molar-refractivity contribution in [1.29, 1.82) is 0 Å². The molecule has 6 heteroatoms. The molecule has 1 atom stereocenters. The average Bonchev–Trinajstić information content (AvgIpc) is 2.02. The Morgan fingerprint density at radius 2 is 1.86 bits per heavy atom. The molecule has 0 fully saturated rings. The molecule has 0 bridgehead atoms. The monoisotopic (exact) mass is 216 g/mol. The fraction of sp³-hybridized carbons (Fsp3) is 0.500. The predicted octanol–water partition coefficient (Wildman–Crippen LogP) is 0.822. The molecule has 0 saturated carbocycles. The third kappa shape index (κ3) is 3.39. The van der Waals surface area contributed by atoms with E-state index >= 15 is 0 Å². The van der Waals surface area contributed by atoms with E-state index in [-0.39, 0.29) is 0 Å². The minimum atomic E-state index is -3.46. The zero-order valence-electron chi connectivity index (χ0n) is 8.26. The van der Waals surface area contributed by atoms with Crippen molar-refractivity contribution in [3.05, 3.63) is 23.8 Å². The lowest BCUT2D eigenvalue weighted by Gasteiger charge is -2.08. The Hall–Kier alpha value is -1.01. The summed E-state index contributed by atoms with van der Waals surface area (Å²) in [4.78, 5) is 7.92. The van der Waals surface area contributed by atoms with Gasteiger partial charge in [0.25, 0.3) is 10.1 Å². The summed E-state index contributed by atoms with van der Waals surface area (Å²) in [5, 5.41) is 0. The first-order valence-electron chi connectivity index (χ1n) is 4.05. The van der Waals surface area contributed by atoms with Crippen molar-refractivity contribution in [1.82, 2.24) is 9.97 Å².